The number of benzene rings is 1. The van der Waals surface area contributed by atoms with Crippen LogP contribution in [0, 0.1) is 6.92 Å². The Labute approximate surface area is 112 Å². The first-order chi connectivity index (χ1) is 8.77. The summed E-state index contributed by atoms with van der Waals surface area (Å²) >= 11 is 6.49. The largest absolute Gasteiger partial charge is 0.486 e. The van der Waals surface area contributed by atoms with Gasteiger partial charge in [-0.05, 0) is 37.9 Å². The monoisotopic (exact) mass is 267 g/mol. The molecule has 18 heavy (non-hydrogen) atoms. The molecule has 0 amide bonds. The highest BCUT2D eigenvalue weighted by molar-refractivity contribution is 6.32. The zero-order chi connectivity index (χ0) is 12.5. The van der Waals surface area contributed by atoms with Crippen LogP contribution in [0.5, 0.6) is 11.5 Å². The molecule has 0 aromatic heterocycles. The van der Waals surface area contributed by atoms with Crippen LogP contribution in [0.3, 0.4) is 0 Å². The molecule has 1 N–H and O–H groups in total. The fraction of sp³-hybridized carbons (Fsp3) is 0.571. The average Bonchev–Trinajstić information content (AvgIpc) is 2.44. The van der Waals surface area contributed by atoms with E-state index in [1.165, 1.54) is 12.8 Å². The van der Waals surface area contributed by atoms with Gasteiger partial charge in [-0.3, -0.25) is 0 Å². The van der Waals surface area contributed by atoms with Gasteiger partial charge in [0.15, 0.2) is 11.5 Å². The first-order valence-corrected chi connectivity index (χ1v) is 6.97. The van der Waals surface area contributed by atoms with E-state index in [9.17, 15) is 0 Å². The van der Waals surface area contributed by atoms with Crippen LogP contribution in [0.15, 0.2) is 6.07 Å². The van der Waals surface area contributed by atoms with Crippen molar-refractivity contribution in [2.45, 2.75) is 32.2 Å². The molecule has 3 rings (SSSR count). The number of hydrogen-bond acceptors (Lipinski definition) is 3. The second-order valence-electron chi connectivity index (χ2n) is 4.93. The van der Waals surface area contributed by atoms with E-state index in [1.54, 1.807) is 0 Å². The lowest BCUT2D eigenvalue weighted by Gasteiger charge is -2.28. The van der Waals surface area contributed by atoms with Crippen LogP contribution in [0.25, 0.3) is 0 Å². The molecule has 0 aliphatic carbocycles. The van der Waals surface area contributed by atoms with Crippen LogP contribution in [0.4, 0.5) is 0 Å². The zero-order valence-corrected chi connectivity index (χ0v) is 11.3. The van der Waals surface area contributed by atoms with E-state index < -0.39 is 0 Å². The van der Waals surface area contributed by atoms with Crippen molar-refractivity contribution in [2.24, 2.45) is 0 Å². The maximum atomic E-state index is 6.49. The topological polar surface area (TPSA) is 30.5 Å². The Morgan fingerprint density at radius 3 is 2.89 bits per heavy atom. The van der Waals surface area contributed by atoms with Gasteiger partial charge in [-0.15, -0.1) is 0 Å². The lowest BCUT2D eigenvalue weighted by Crippen LogP contribution is -2.27. The highest BCUT2D eigenvalue weighted by Gasteiger charge is 2.24. The number of ether oxygens (including phenoxy) is 2. The quantitative estimate of drug-likeness (QED) is 0.847. The zero-order valence-electron chi connectivity index (χ0n) is 10.6. The summed E-state index contributed by atoms with van der Waals surface area (Å²) in [7, 11) is 0. The van der Waals surface area contributed by atoms with Crippen LogP contribution in [-0.4, -0.2) is 19.8 Å². The van der Waals surface area contributed by atoms with Crippen molar-refractivity contribution in [3.63, 3.8) is 0 Å². The molecular formula is C14H18ClNO2. The van der Waals surface area contributed by atoms with Gasteiger partial charge in [0.25, 0.3) is 0 Å². The van der Waals surface area contributed by atoms with Crippen LogP contribution in [0.1, 0.15) is 36.4 Å². The van der Waals surface area contributed by atoms with Crippen molar-refractivity contribution in [3.8, 4) is 11.5 Å². The molecule has 0 spiro atoms. The van der Waals surface area contributed by atoms with Gasteiger partial charge in [-0.25, -0.2) is 0 Å². The van der Waals surface area contributed by atoms with Crippen LogP contribution in [0.2, 0.25) is 5.02 Å². The van der Waals surface area contributed by atoms with E-state index in [0.29, 0.717) is 19.3 Å². The Bertz CT molecular complexity index is 456. The maximum Gasteiger partial charge on any atom is 0.165 e. The summed E-state index contributed by atoms with van der Waals surface area (Å²) in [6, 6.07) is 2.40. The predicted octanol–water partition coefficient (Wildman–Crippen LogP) is 3.23. The number of hydrogen-bond donors (Lipinski definition) is 1. The van der Waals surface area contributed by atoms with Gasteiger partial charge in [0, 0.05) is 11.6 Å². The minimum Gasteiger partial charge on any atom is -0.486 e. The van der Waals surface area contributed by atoms with Crippen LogP contribution >= 0.6 is 11.6 Å². The molecule has 1 unspecified atom stereocenters. The Hall–Kier alpha value is -0.930. The van der Waals surface area contributed by atoms with E-state index in [4.69, 9.17) is 21.1 Å². The highest BCUT2D eigenvalue weighted by atomic mass is 35.5. The molecule has 1 aromatic carbocycles. The van der Waals surface area contributed by atoms with E-state index in [2.05, 4.69) is 5.32 Å². The first-order valence-electron chi connectivity index (χ1n) is 6.59. The third kappa shape index (κ3) is 2.06. The van der Waals surface area contributed by atoms with Gasteiger partial charge >= 0.3 is 0 Å². The van der Waals surface area contributed by atoms with E-state index in [0.717, 1.165) is 40.6 Å². The van der Waals surface area contributed by atoms with E-state index in [-0.39, 0.29) is 0 Å². The minimum absolute atomic E-state index is 0.348. The Morgan fingerprint density at radius 1 is 1.28 bits per heavy atom. The SMILES string of the molecule is Cc1c(Cl)c(C2CCCCN2)cc2c1OCCO2. The Morgan fingerprint density at radius 2 is 2.11 bits per heavy atom. The third-order valence-corrected chi connectivity index (χ3v) is 4.21. The molecule has 4 heteroatoms. The van der Waals surface area contributed by atoms with Gasteiger partial charge in [0.2, 0.25) is 0 Å². The van der Waals surface area contributed by atoms with Crippen molar-refractivity contribution >= 4 is 11.6 Å². The Balaban J connectivity index is 2.01. The molecule has 2 heterocycles. The van der Waals surface area contributed by atoms with E-state index >= 15 is 0 Å². The van der Waals surface area contributed by atoms with Crippen LogP contribution in [-0.2, 0) is 0 Å². The summed E-state index contributed by atoms with van der Waals surface area (Å²) < 4.78 is 11.3. The van der Waals surface area contributed by atoms with Crippen molar-refractivity contribution in [2.75, 3.05) is 19.8 Å². The summed E-state index contributed by atoms with van der Waals surface area (Å²) in [5, 5.41) is 4.35. The van der Waals surface area contributed by atoms with Gasteiger partial charge in [0.1, 0.15) is 13.2 Å². The lowest BCUT2D eigenvalue weighted by atomic mass is 9.95. The van der Waals surface area contributed by atoms with Crippen molar-refractivity contribution in [1.82, 2.24) is 5.32 Å². The molecule has 98 valence electrons. The fourth-order valence-corrected chi connectivity index (χ4v) is 3.00. The molecule has 0 saturated carbocycles. The van der Waals surface area contributed by atoms with Crippen molar-refractivity contribution in [3.05, 3.63) is 22.2 Å². The lowest BCUT2D eigenvalue weighted by molar-refractivity contribution is 0.170. The molecule has 3 nitrogen and oxygen atoms in total. The molecule has 1 saturated heterocycles. The first kappa shape index (κ1) is 12.1. The van der Waals surface area contributed by atoms with E-state index in [1.807, 2.05) is 13.0 Å². The summed E-state index contributed by atoms with van der Waals surface area (Å²) in [5.41, 5.74) is 2.15. The second-order valence-corrected chi connectivity index (χ2v) is 5.31. The van der Waals surface area contributed by atoms with Crippen LogP contribution < -0.4 is 14.8 Å². The summed E-state index contributed by atoms with van der Waals surface area (Å²) in [6.07, 6.45) is 3.64. The molecular weight excluding hydrogens is 250 g/mol. The molecule has 0 bridgehead atoms. The van der Waals surface area contributed by atoms with Gasteiger partial charge in [0.05, 0.1) is 5.02 Å². The smallest absolute Gasteiger partial charge is 0.165 e. The molecule has 1 fully saturated rings. The summed E-state index contributed by atoms with van der Waals surface area (Å²) in [5.74, 6) is 1.65. The molecule has 1 atom stereocenters. The van der Waals surface area contributed by atoms with Crippen molar-refractivity contribution in [1.29, 1.82) is 0 Å². The van der Waals surface area contributed by atoms with Crippen molar-refractivity contribution < 1.29 is 9.47 Å². The number of halogens is 1. The third-order valence-electron chi connectivity index (χ3n) is 3.71. The highest BCUT2D eigenvalue weighted by Crippen LogP contribution is 2.42. The number of piperidine rings is 1. The summed E-state index contributed by atoms with van der Waals surface area (Å²) in [6.45, 7) is 4.29. The van der Waals surface area contributed by atoms with Gasteiger partial charge in [-0.2, -0.15) is 0 Å². The fourth-order valence-electron chi connectivity index (χ4n) is 2.72. The number of rotatable bonds is 1. The molecule has 2 aliphatic rings. The minimum atomic E-state index is 0.348. The molecule has 2 aliphatic heterocycles. The predicted molar refractivity (Wildman–Crippen MR) is 71.8 cm³/mol. The number of nitrogens with one attached hydrogen (secondary N) is 1. The molecule has 0 radical (unpaired) electrons. The standard InChI is InChI=1S/C14H18ClNO2/c1-9-13(15)10(11-4-2-3-5-16-11)8-12-14(9)18-7-6-17-12/h8,11,16H,2-7H2,1H3. The second kappa shape index (κ2) is 4.98. The normalized spacial score (nSPS) is 22.9. The Kier molecular flexibility index (Phi) is 3.35. The molecule has 1 aromatic rings. The maximum absolute atomic E-state index is 6.49. The van der Waals surface area contributed by atoms with Gasteiger partial charge in [-0.1, -0.05) is 18.0 Å². The average molecular weight is 268 g/mol. The van der Waals surface area contributed by atoms with Gasteiger partial charge < -0.3 is 14.8 Å². The summed E-state index contributed by atoms with van der Waals surface area (Å²) in [4.78, 5) is 0. The number of fused-ring (bicyclic) bond motifs is 1.